The Morgan fingerprint density at radius 3 is 2.75 bits per heavy atom. The molecule has 0 radical (unpaired) electrons. The second-order valence-electron chi connectivity index (χ2n) is 4.94. The van der Waals surface area contributed by atoms with Crippen LogP contribution >= 0.6 is 0 Å². The number of aliphatic carboxylic acids is 1. The van der Waals surface area contributed by atoms with Gasteiger partial charge in [-0.2, -0.15) is 0 Å². The molecule has 0 spiro atoms. The first-order valence-electron chi connectivity index (χ1n) is 6.31. The summed E-state index contributed by atoms with van der Waals surface area (Å²) in [5, 5.41) is 8.71. The molecule has 1 unspecified atom stereocenters. The number of carbonyl (C=O) groups is 3. The summed E-state index contributed by atoms with van der Waals surface area (Å²) in [7, 11) is 0. The van der Waals surface area contributed by atoms with Crippen molar-refractivity contribution in [3.63, 3.8) is 0 Å². The highest BCUT2D eigenvalue weighted by Gasteiger charge is 2.35. The minimum Gasteiger partial charge on any atom is -0.481 e. The van der Waals surface area contributed by atoms with Crippen molar-refractivity contribution in [3.05, 3.63) is 34.9 Å². The number of primary amides is 1. The van der Waals surface area contributed by atoms with Crippen LogP contribution in [0, 0.1) is 6.92 Å². The smallest absolute Gasteiger partial charge is 0.303 e. The highest BCUT2D eigenvalue weighted by Crippen LogP contribution is 2.26. The lowest BCUT2D eigenvalue weighted by atomic mass is 10.1. The minimum atomic E-state index is -1.02. The number of hydrogen-bond acceptors (Lipinski definition) is 3. The fourth-order valence-corrected chi connectivity index (χ4v) is 2.44. The molecule has 0 fully saturated rings. The van der Waals surface area contributed by atoms with Crippen molar-refractivity contribution in [1.82, 2.24) is 4.90 Å². The molecule has 1 aromatic rings. The molecule has 1 aromatic carbocycles. The Bertz CT molecular complexity index is 583. The normalized spacial score (nSPS) is 15.1. The van der Waals surface area contributed by atoms with Gasteiger partial charge in [0.25, 0.3) is 5.91 Å². The molecule has 2 rings (SSSR count). The van der Waals surface area contributed by atoms with Gasteiger partial charge in [0, 0.05) is 18.5 Å². The number of hydrogen-bond donors (Lipinski definition) is 2. The molecule has 0 saturated carbocycles. The van der Waals surface area contributed by atoms with Crippen LogP contribution in [0.5, 0.6) is 0 Å². The van der Waals surface area contributed by atoms with Gasteiger partial charge in [-0.05, 0) is 25.0 Å². The van der Waals surface area contributed by atoms with Crippen molar-refractivity contribution in [3.8, 4) is 0 Å². The van der Waals surface area contributed by atoms with E-state index in [1.54, 1.807) is 6.07 Å². The number of carboxylic acid groups (broad SMARTS) is 1. The van der Waals surface area contributed by atoms with Crippen LogP contribution in [-0.4, -0.2) is 33.8 Å². The maximum Gasteiger partial charge on any atom is 0.303 e. The predicted molar refractivity (Wildman–Crippen MR) is 70.9 cm³/mol. The SMILES string of the molecule is Cc1ccc2c(c1)CN(C(CCC(=O)O)C(N)=O)C2=O. The lowest BCUT2D eigenvalue weighted by molar-refractivity contribution is -0.137. The third-order valence-corrected chi connectivity index (χ3v) is 3.43. The summed E-state index contributed by atoms with van der Waals surface area (Å²) in [6, 6.07) is 4.56. The topological polar surface area (TPSA) is 101 Å². The van der Waals surface area contributed by atoms with Gasteiger partial charge in [0.05, 0.1) is 0 Å². The van der Waals surface area contributed by atoms with Gasteiger partial charge in [0.15, 0.2) is 0 Å². The molecule has 1 atom stereocenters. The first-order valence-corrected chi connectivity index (χ1v) is 6.31. The molecule has 3 N–H and O–H groups in total. The van der Waals surface area contributed by atoms with Crippen LogP contribution in [0.3, 0.4) is 0 Å². The van der Waals surface area contributed by atoms with Gasteiger partial charge >= 0.3 is 5.97 Å². The highest BCUT2D eigenvalue weighted by atomic mass is 16.4. The zero-order chi connectivity index (χ0) is 14.9. The van der Waals surface area contributed by atoms with E-state index in [2.05, 4.69) is 0 Å². The average molecular weight is 276 g/mol. The maximum absolute atomic E-state index is 12.3. The zero-order valence-electron chi connectivity index (χ0n) is 11.1. The van der Waals surface area contributed by atoms with E-state index in [0.717, 1.165) is 11.1 Å². The molecule has 6 heteroatoms. The monoisotopic (exact) mass is 276 g/mol. The van der Waals surface area contributed by atoms with Gasteiger partial charge in [-0.3, -0.25) is 14.4 Å². The van der Waals surface area contributed by atoms with Gasteiger partial charge < -0.3 is 15.7 Å². The first-order chi connectivity index (χ1) is 9.40. The molecule has 1 aliphatic rings. The Labute approximate surface area is 116 Å². The van der Waals surface area contributed by atoms with E-state index in [4.69, 9.17) is 10.8 Å². The second-order valence-corrected chi connectivity index (χ2v) is 4.94. The number of rotatable bonds is 5. The van der Waals surface area contributed by atoms with E-state index >= 15 is 0 Å². The van der Waals surface area contributed by atoms with Gasteiger partial charge in [-0.25, -0.2) is 0 Å². The molecule has 0 aromatic heterocycles. The number of aryl methyl sites for hydroxylation is 1. The largest absolute Gasteiger partial charge is 0.481 e. The van der Waals surface area contributed by atoms with Crippen molar-refractivity contribution in [2.24, 2.45) is 5.73 Å². The molecule has 1 aliphatic heterocycles. The lowest BCUT2D eigenvalue weighted by Gasteiger charge is -2.24. The van der Waals surface area contributed by atoms with Crippen LogP contribution in [0.1, 0.15) is 34.3 Å². The third kappa shape index (κ3) is 2.64. The molecule has 0 bridgehead atoms. The van der Waals surface area contributed by atoms with Crippen LogP contribution in [-0.2, 0) is 16.1 Å². The van der Waals surface area contributed by atoms with Gasteiger partial charge in [-0.1, -0.05) is 17.7 Å². The Balaban J connectivity index is 2.22. The van der Waals surface area contributed by atoms with Crippen LogP contribution < -0.4 is 5.73 Å². The Morgan fingerprint density at radius 1 is 1.45 bits per heavy atom. The van der Waals surface area contributed by atoms with Crippen molar-refractivity contribution in [2.45, 2.75) is 32.4 Å². The first kappa shape index (κ1) is 14.0. The minimum absolute atomic E-state index is 0.0311. The van der Waals surface area contributed by atoms with Crippen LogP contribution in [0.2, 0.25) is 0 Å². The molecule has 0 saturated heterocycles. The summed E-state index contributed by atoms with van der Waals surface area (Å²) >= 11 is 0. The Hall–Kier alpha value is -2.37. The number of carboxylic acids is 1. The second kappa shape index (κ2) is 5.32. The van der Waals surface area contributed by atoms with E-state index in [9.17, 15) is 14.4 Å². The number of carbonyl (C=O) groups excluding carboxylic acids is 2. The van der Waals surface area contributed by atoms with E-state index in [-0.39, 0.29) is 18.7 Å². The summed E-state index contributed by atoms with van der Waals surface area (Å²) in [5.74, 6) is -1.96. The number of nitrogens with two attached hydrogens (primary N) is 1. The summed E-state index contributed by atoms with van der Waals surface area (Å²) in [6.07, 6.45) is -0.170. The lowest BCUT2D eigenvalue weighted by Crippen LogP contribution is -2.45. The third-order valence-electron chi connectivity index (χ3n) is 3.43. The van der Waals surface area contributed by atoms with Crippen molar-refractivity contribution >= 4 is 17.8 Å². The van der Waals surface area contributed by atoms with Crippen molar-refractivity contribution in [1.29, 1.82) is 0 Å². The van der Waals surface area contributed by atoms with Gasteiger partial charge in [0.1, 0.15) is 6.04 Å². The predicted octanol–water partition coefficient (Wildman–Crippen LogP) is 0.670. The molecule has 20 heavy (non-hydrogen) atoms. The van der Waals surface area contributed by atoms with Crippen LogP contribution in [0.4, 0.5) is 0 Å². The molecule has 106 valence electrons. The van der Waals surface area contributed by atoms with Crippen LogP contribution in [0.15, 0.2) is 18.2 Å². The van der Waals surface area contributed by atoms with Gasteiger partial charge in [0.2, 0.25) is 5.91 Å². The maximum atomic E-state index is 12.3. The number of fused-ring (bicyclic) bond motifs is 1. The zero-order valence-corrected chi connectivity index (χ0v) is 11.1. The van der Waals surface area contributed by atoms with E-state index in [0.29, 0.717) is 12.1 Å². The number of amides is 2. The summed E-state index contributed by atoms with van der Waals surface area (Å²) in [5.41, 5.74) is 7.73. The molecule has 6 nitrogen and oxygen atoms in total. The Kier molecular flexibility index (Phi) is 3.74. The molecular weight excluding hydrogens is 260 g/mol. The summed E-state index contributed by atoms with van der Waals surface area (Å²) in [6.45, 7) is 2.21. The fraction of sp³-hybridized carbons (Fsp3) is 0.357. The van der Waals surface area contributed by atoms with Crippen molar-refractivity contribution in [2.75, 3.05) is 0 Å². The molecule has 0 aliphatic carbocycles. The molecule has 2 amide bonds. The number of nitrogens with zero attached hydrogens (tertiary/aromatic N) is 1. The van der Waals surface area contributed by atoms with E-state index in [1.165, 1.54) is 4.90 Å². The quantitative estimate of drug-likeness (QED) is 0.825. The Morgan fingerprint density at radius 2 is 2.15 bits per heavy atom. The molecule has 1 heterocycles. The summed E-state index contributed by atoms with van der Waals surface area (Å²) in [4.78, 5) is 35.8. The van der Waals surface area contributed by atoms with Gasteiger partial charge in [-0.15, -0.1) is 0 Å². The fourth-order valence-electron chi connectivity index (χ4n) is 2.44. The van der Waals surface area contributed by atoms with Crippen molar-refractivity contribution < 1.29 is 19.5 Å². The van der Waals surface area contributed by atoms with Crippen LogP contribution in [0.25, 0.3) is 0 Å². The van der Waals surface area contributed by atoms with E-state index in [1.807, 2.05) is 19.1 Å². The molecular formula is C14H16N2O4. The number of benzene rings is 1. The highest BCUT2D eigenvalue weighted by molar-refractivity contribution is 6.01. The summed E-state index contributed by atoms with van der Waals surface area (Å²) < 4.78 is 0. The van der Waals surface area contributed by atoms with E-state index < -0.39 is 17.9 Å². The average Bonchev–Trinajstić information content (AvgIpc) is 2.66. The standard InChI is InChI=1S/C14H16N2O4/c1-8-2-3-10-9(6-8)7-16(14(10)20)11(13(15)19)4-5-12(17)18/h2-3,6,11H,4-5,7H2,1H3,(H2,15,19)(H,17,18).